The molecule has 0 unspecified atom stereocenters. The maximum Gasteiger partial charge on any atom is 0.306 e. The number of para-hydroxylation sites is 1. The smallest absolute Gasteiger partial charge is 0.306 e. The molecule has 28 heavy (non-hydrogen) atoms. The largest absolute Gasteiger partial charge is 0.457 e. The molecular formula is C18H23N5O4S. The van der Waals surface area contributed by atoms with Crippen LogP contribution in [0.2, 0.25) is 0 Å². The first-order valence-electron chi connectivity index (χ1n) is 9.06. The van der Waals surface area contributed by atoms with E-state index in [1.807, 2.05) is 31.2 Å². The topological polar surface area (TPSA) is 137 Å². The molecule has 9 nitrogen and oxygen atoms in total. The number of nitrogen functional groups attached to an aromatic ring is 1. The normalized spacial score (nSPS) is 18.0. The Balaban J connectivity index is 1.61. The monoisotopic (exact) mass is 405 g/mol. The zero-order chi connectivity index (χ0) is 20.1. The van der Waals surface area contributed by atoms with Crippen molar-refractivity contribution in [2.75, 3.05) is 22.6 Å². The van der Waals surface area contributed by atoms with Crippen LogP contribution in [0.5, 0.6) is 0 Å². The summed E-state index contributed by atoms with van der Waals surface area (Å²) in [6.07, 6.45) is 1.39. The van der Waals surface area contributed by atoms with Gasteiger partial charge >= 0.3 is 5.97 Å². The number of benzene rings is 1. The fraction of sp³-hybridized carbons (Fsp3) is 0.444. The number of carbonyl (C=O) groups excluding carboxylic acids is 1. The molecule has 1 aliphatic rings. The van der Waals surface area contributed by atoms with Gasteiger partial charge in [0.05, 0.1) is 11.5 Å². The Bertz CT molecular complexity index is 964. The van der Waals surface area contributed by atoms with E-state index < -0.39 is 15.8 Å². The second-order valence-corrected chi connectivity index (χ2v) is 8.93. The third kappa shape index (κ3) is 5.38. The van der Waals surface area contributed by atoms with Crippen LogP contribution in [0, 0.1) is 5.92 Å². The van der Waals surface area contributed by atoms with Crippen LogP contribution >= 0.6 is 0 Å². The Morgan fingerprint density at radius 3 is 2.79 bits per heavy atom. The van der Waals surface area contributed by atoms with Gasteiger partial charge in [-0.2, -0.15) is 15.0 Å². The number of esters is 1. The Kier molecular flexibility index (Phi) is 6.08. The molecule has 0 spiro atoms. The lowest BCUT2D eigenvalue weighted by Crippen LogP contribution is -2.15. The van der Waals surface area contributed by atoms with Gasteiger partial charge in [0.2, 0.25) is 11.9 Å². The fourth-order valence-corrected chi connectivity index (χ4v) is 4.96. The van der Waals surface area contributed by atoms with Gasteiger partial charge in [-0.15, -0.1) is 0 Å². The molecule has 10 heteroatoms. The molecule has 1 saturated heterocycles. The van der Waals surface area contributed by atoms with E-state index in [9.17, 15) is 13.2 Å². The average Bonchev–Trinajstić information content (AvgIpc) is 2.98. The molecule has 1 aliphatic heterocycles. The van der Waals surface area contributed by atoms with E-state index >= 15 is 0 Å². The number of aromatic nitrogens is 3. The molecule has 2 aromatic rings. The Morgan fingerprint density at radius 2 is 2.07 bits per heavy atom. The highest BCUT2D eigenvalue weighted by molar-refractivity contribution is 7.91. The summed E-state index contributed by atoms with van der Waals surface area (Å²) in [7, 11) is -3.02. The number of sulfone groups is 1. The molecule has 0 amide bonds. The van der Waals surface area contributed by atoms with Crippen molar-refractivity contribution in [3.8, 4) is 0 Å². The van der Waals surface area contributed by atoms with Crippen LogP contribution < -0.4 is 11.1 Å². The number of hydrogen-bond donors (Lipinski definition) is 2. The van der Waals surface area contributed by atoms with E-state index in [0.717, 1.165) is 17.7 Å². The number of anilines is 3. The average molecular weight is 405 g/mol. The summed E-state index contributed by atoms with van der Waals surface area (Å²) in [4.78, 5) is 24.3. The predicted molar refractivity (Wildman–Crippen MR) is 105 cm³/mol. The molecule has 1 fully saturated rings. The predicted octanol–water partition coefficient (Wildman–Crippen LogP) is 1.63. The van der Waals surface area contributed by atoms with Gasteiger partial charge in [-0.1, -0.05) is 25.1 Å². The highest BCUT2D eigenvalue weighted by Gasteiger charge is 2.29. The number of ether oxygens (including phenoxy) is 1. The van der Waals surface area contributed by atoms with Crippen molar-refractivity contribution in [3.63, 3.8) is 0 Å². The summed E-state index contributed by atoms with van der Waals surface area (Å²) >= 11 is 0. The van der Waals surface area contributed by atoms with Crippen LogP contribution in [0.3, 0.4) is 0 Å². The quantitative estimate of drug-likeness (QED) is 0.658. The molecule has 3 rings (SSSR count). The van der Waals surface area contributed by atoms with E-state index in [1.54, 1.807) is 0 Å². The first-order valence-corrected chi connectivity index (χ1v) is 10.9. The van der Waals surface area contributed by atoms with Crippen LogP contribution in [-0.2, 0) is 32.4 Å². The fourth-order valence-electron chi connectivity index (χ4n) is 3.10. The minimum atomic E-state index is -3.02. The van der Waals surface area contributed by atoms with Crippen molar-refractivity contribution in [2.45, 2.75) is 32.8 Å². The summed E-state index contributed by atoms with van der Waals surface area (Å²) in [5, 5.41) is 3.11. The van der Waals surface area contributed by atoms with E-state index in [0.29, 0.717) is 6.42 Å². The van der Waals surface area contributed by atoms with Crippen LogP contribution in [0.4, 0.5) is 17.6 Å². The maximum atomic E-state index is 12.0. The zero-order valence-electron chi connectivity index (χ0n) is 15.6. The summed E-state index contributed by atoms with van der Waals surface area (Å²) in [5.41, 5.74) is 7.70. The second-order valence-electron chi connectivity index (χ2n) is 6.70. The molecule has 0 bridgehead atoms. The van der Waals surface area contributed by atoms with E-state index in [4.69, 9.17) is 10.5 Å². The molecule has 0 saturated carbocycles. The number of nitrogens with two attached hydrogens (primary N) is 1. The first-order chi connectivity index (χ1) is 13.3. The van der Waals surface area contributed by atoms with Gasteiger partial charge in [-0.3, -0.25) is 4.79 Å². The van der Waals surface area contributed by atoms with Crippen LogP contribution in [-0.4, -0.2) is 40.8 Å². The van der Waals surface area contributed by atoms with Crippen molar-refractivity contribution < 1.29 is 17.9 Å². The van der Waals surface area contributed by atoms with Gasteiger partial charge < -0.3 is 15.8 Å². The Labute approximate surface area is 163 Å². The van der Waals surface area contributed by atoms with Crippen molar-refractivity contribution in [2.24, 2.45) is 5.92 Å². The summed E-state index contributed by atoms with van der Waals surface area (Å²) < 4.78 is 28.1. The Morgan fingerprint density at radius 1 is 1.29 bits per heavy atom. The number of rotatable bonds is 7. The number of carbonyl (C=O) groups is 1. The van der Waals surface area contributed by atoms with Crippen molar-refractivity contribution in [3.05, 3.63) is 35.7 Å². The van der Waals surface area contributed by atoms with Gasteiger partial charge in [0.15, 0.2) is 22.3 Å². The first kappa shape index (κ1) is 20.0. The minimum absolute atomic E-state index is 0.0133. The molecule has 1 aromatic carbocycles. The molecule has 2 heterocycles. The number of nitrogens with zero attached hydrogens (tertiary/aromatic N) is 3. The number of nitrogens with one attached hydrogen (secondary N) is 1. The van der Waals surface area contributed by atoms with Crippen molar-refractivity contribution in [1.82, 2.24) is 15.0 Å². The SMILES string of the molecule is CCc1ccccc1Nc1nc(N)nc(COC(=O)C[C@@H]2CCS(=O)(=O)C2)n1. The summed E-state index contributed by atoms with van der Waals surface area (Å²) in [6.45, 7) is 1.89. The number of aryl methyl sites for hydroxylation is 1. The van der Waals surface area contributed by atoms with Gasteiger partial charge in [-0.25, -0.2) is 8.42 Å². The number of hydrogen-bond acceptors (Lipinski definition) is 9. The van der Waals surface area contributed by atoms with E-state index in [-0.39, 0.29) is 48.2 Å². The van der Waals surface area contributed by atoms with Gasteiger partial charge in [0.1, 0.15) is 0 Å². The van der Waals surface area contributed by atoms with Crippen LogP contribution in [0.15, 0.2) is 24.3 Å². The third-order valence-corrected chi connectivity index (χ3v) is 6.33. The molecule has 0 aliphatic carbocycles. The van der Waals surface area contributed by atoms with Crippen LogP contribution in [0.25, 0.3) is 0 Å². The van der Waals surface area contributed by atoms with Gasteiger partial charge in [0, 0.05) is 12.1 Å². The highest BCUT2D eigenvalue weighted by atomic mass is 32.2. The van der Waals surface area contributed by atoms with Crippen LogP contribution in [0.1, 0.15) is 31.2 Å². The minimum Gasteiger partial charge on any atom is -0.457 e. The molecule has 1 atom stereocenters. The lowest BCUT2D eigenvalue weighted by atomic mass is 10.1. The van der Waals surface area contributed by atoms with Gasteiger partial charge in [-0.05, 0) is 30.4 Å². The maximum absolute atomic E-state index is 12.0. The lowest BCUT2D eigenvalue weighted by Gasteiger charge is -2.11. The second kappa shape index (κ2) is 8.51. The molecule has 150 valence electrons. The summed E-state index contributed by atoms with van der Waals surface area (Å²) in [6, 6.07) is 7.76. The molecule has 0 radical (unpaired) electrons. The highest BCUT2D eigenvalue weighted by Crippen LogP contribution is 2.22. The third-order valence-electron chi connectivity index (χ3n) is 4.49. The lowest BCUT2D eigenvalue weighted by molar-refractivity contribution is -0.146. The summed E-state index contributed by atoms with van der Waals surface area (Å²) in [5.74, 6) is -0.0118. The molecule has 1 aromatic heterocycles. The molecule has 3 N–H and O–H groups in total. The Hall–Kier alpha value is -2.75. The standard InChI is InChI=1S/C18H23N5O4S/c1-2-13-5-3-4-6-14(13)20-18-22-15(21-17(19)23-18)10-27-16(24)9-12-7-8-28(25,26)11-12/h3-6,12H,2,7-11H2,1H3,(H3,19,20,21,22,23)/t12-/m0/s1. The van der Waals surface area contributed by atoms with Crippen molar-refractivity contribution in [1.29, 1.82) is 0 Å². The van der Waals surface area contributed by atoms with Crippen molar-refractivity contribution >= 4 is 33.4 Å². The zero-order valence-corrected chi connectivity index (χ0v) is 16.4. The van der Waals surface area contributed by atoms with E-state index in [2.05, 4.69) is 20.3 Å². The molecular weight excluding hydrogens is 382 g/mol. The van der Waals surface area contributed by atoms with Gasteiger partial charge in [0.25, 0.3) is 0 Å². The van der Waals surface area contributed by atoms with E-state index in [1.165, 1.54) is 0 Å².